The molecule has 1 N–H and O–H groups in total. The highest BCUT2D eigenvalue weighted by molar-refractivity contribution is 14.1. The summed E-state index contributed by atoms with van der Waals surface area (Å²) in [7, 11) is 1.65. The lowest BCUT2D eigenvalue weighted by Crippen LogP contribution is -2.24. The summed E-state index contributed by atoms with van der Waals surface area (Å²) in [6, 6.07) is 5.30. The Balaban J connectivity index is 2.15. The van der Waals surface area contributed by atoms with Crippen LogP contribution >= 0.6 is 34.2 Å². The van der Waals surface area contributed by atoms with Crippen LogP contribution in [0.1, 0.15) is 23.2 Å². The molecule has 1 rings (SSSR count). The van der Waals surface area contributed by atoms with E-state index in [4.69, 9.17) is 21.1 Å². The minimum Gasteiger partial charge on any atom is -0.382 e. The molecule has 0 aliphatic rings. The minimum atomic E-state index is -0.0939. The molecular weight excluding hydrogens is 393 g/mol. The molecule has 1 amide bonds. The second-order valence-electron chi connectivity index (χ2n) is 4.20. The molecule has 4 nitrogen and oxygen atoms in total. The monoisotopic (exact) mass is 411 g/mol. The number of carbonyl (C=O) groups is 1. The predicted molar refractivity (Wildman–Crippen MR) is 88.4 cm³/mol. The molecule has 1 aromatic carbocycles. The van der Waals surface area contributed by atoms with Gasteiger partial charge in [0.25, 0.3) is 5.91 Å². The highest BCUT2D eigenvalue weighted by atomic mass is 127. The summed E-state index contributed by atoms with van der Waals surface area (Å²) >= 11 is 8.12. The number of hydrogen-bond acceptors (Lipinski definition) is 3. The lowest BCUT2D eigenvalue weighted by atomic mass is 10.2. The molecule has 0 fully saturated rings. The molecule has 0 radical (unpaired) electrons. The molecule has 0 bridgehead atoms. The van der Waals surface area contributed by atoms with E-state index in [1.807, 2.05) is 6.07 Å². The molecule has 0 aliphatic heterocycles. The lowest BCUT2D eigenvalue weighted by Gasteiger charge is -2.07. The predicted octanol–water partition coefficient (Wildman–Crippen LogP) is 3.12. The molecule has 0 aliphatic carbocycles. The van der Waals surface area contributed by atoms with E-state index in [9.17, 15) is 4.79 Å². The van der Waals surface area contributed by atoms with Gasteiger partial charge < -0.3 is 14.8 Å². The SMILES string of the molecule is COCCOCCCCNC(=O)c1ccc(I)c(Cl)c1. The first kappa shape index (κ1) is 17.7. The second kappa shape index (κ2) is 10.4. The Morgan fingerprint density at radius 2 is 2.10 bits per heavy atom. The van der Waals surface area contributed by atoms with Gasteiger partial charge in [0.15, 0.2) is 0 Å². The Hall–Kier alpha value is -0.370. The number of halogens is 2. The number of benzene rings is 1. The van der Waals surface area contributed by atoms with Crippen molar-refractivity contribution in [3.05, 3.63) is 32.4 Å². The molecule has 0 saturated heterocycles. The third kappa shape index (κ3) is 6.88. The quantitative estimate of drug-likeness (QED) is 0.502. The molecule has 0 heterocycles. The van der Waals surface area contributed by atoms with Crippen LogP contribution in [-0.2, 0) is 9.47 Å². The molecule has 0 atom stereocenters. The summed E-state index contributed by atoms with van der Waals surface area (Å²) < 4.78 is 11.2. The molecule has 6 heteroatoms. The van der Waals surface area contributed by atoms with Crippen molar-refractivity contribution in [2.45, 2.75) is 12.8 Å². The van der Waals surface area contributed by atoms with Crippen LogP contribution in [0.5, 0.6) is 0 Å². The minimum absolute atomic E-state index is 0.0939. The Kier molecular flexibility index (Phi) is 9.17. The van der Waals surface area contributed by atoms with E-state index in [0.29, 0.717) is 37.0 Å². The molecule has 0 unspecified atom stereocenters. The fourth-order valence-electron chi connectivity index (χ4n) is 1.51. The fraction of sp³-hybridized carbons (Fsp3) is 0.500. The van der Waals surface area contributed by atoms with Crippen LogP contribution in [0.2, 0.25) is 5.02 Å². The van der Waals surface area contributed by atoms with Gasteiger partial charge in [-0.3, -0.25) is 4.79 Å². The van der Waals surface area contributed by atoms with Crippen LogP contribution in [-0.4, -0.2) is 39.4 Å². The summed E-state index contributed by atoms with van der Waals surface area (Å²) in [5.74, 6) is -0.0939. The lowest BCUT2D eigenvalue weighted by molar-refractivity contribution is 0.0686. The average Bonchev–Trinajstić information content (AvgIpc) is 2.44. The number of methoxy groups -OCH3 is 1. The Bertz CT molecular complexity index is 429. The molecule has 1 aromatic rings. The zero-order valence-electron chi connectivity index (χ0n) is 11.5. The van der Waals surface area contributed by atoms with Gasteiger partial charge in [-0.1, -0.05) is 11.6 Å². The van der Waals surface area contributed by atoms with Gasteiger partial charge in [-0.15, -0.1) is 0 Å². The number of hydrogen-bond donors (Lipinski definition) is 1. The van der Waals surface area contributed by atoms with Gasteiger partial charge in [-0.05, 0) is 53.6 Å². The summed E-state index contributed by atoms with van der Waals surface area (Å²) in [5.41, 5.74) is 0.590. The first-order valence-corrected chi connectivity index (χ1v) is 7.90. The molecule has 112 valence electrons. The van der Waals surface area contributed by atoms with E-state index >= 15 is 0 Å². The van der Waals surface area contributed by atoms with Gasteiger partial charge in [0.2, 0.25) is 0 Å². The van der Waals surface area contributed by atoms with Gasteiger partial charge in [0.05, 0.1) is 18.2 Å². The van der Waals surface area contributed by atoms with Gasteiger partial charge in [0.1, 0.15) is 0 Å². The largest absolute Gasteiger partial charge is 0.382 e. The zero-order valence-corrected chi connectivity index (χ0v) is 14.4. The van der Waals surface area contributed by atoms with Crippen LogP contribution in [0.25, 0.3) is 0 Å². The molecular formula is C14H19ClINO3. The first-order valence-electron chi connectivity index (χ1n) is 6.45. The maximum absolute atomic E-state index is 11.9. The van der Waals surface area contributed by atoms with E-state index in [1.54, 1.807) is 19.2 Å². The van der Waals surface area contributed by atoms with Crippen molar-refractivity contribution in [2.75, 3.05) is 33.5 Å². The van der Waals surface area contributed by atoms with E-state index in [-0.39, 0.29) is 5.91 Å². The van der Waals surface area contributed by atoms with Crippen LogP contribution in [0.3, 0.4) is 0 Å². The number of rotatable bonds is 9. The van der Waals surface area contributed by atoms with Crippen molar-refractivity contribution < 1.29 is 14.3 Å². The van der Waals surface area contributed by atoms with Crippen molar-refractivity contribution in [1.29, 1.82) is 0 Å². The van der Waals surface area contributed by atoms with Gasteiger partial charge in [-0.2, -0.15) is 0 Å². The molecule has 0 spiro atoms. The van der Waals surface area contributed by atoms with Crippen molar-refractivity contribution in [1.82, 2.24) is 5.32 Å². The summed E-state index contributed by atoms with van der Waals surface area (Å²) in [6.45, 7) is 2.55. The van der Waals surface area contributed by atoms with E-state index < -0.39 is 0 Å². The molecule has 0 aromatic heterocycles. The normalized spacial score (nSPS) is 10.6. The van der Waals surface area contributed by atoms with Crippen molar-refractivity contribution in [2.24, 2.45) is 0 Å². The van der Waals surface area contributed by atoms with Crippen LogP contribution in [0, 0.1) is 3.57 Å². The van der Waals surface area contributed by atoms with Crippen LogP contribution in [0.4, 0.5) is 0 Å². The van der Waals surface area contributed by atoms with E-state index in [2.05, 4.69) is 27.9 Å². The van der Waals surface area contributed by atoms with Gasteiger partial charge in [-0.25, -0.2) is 0 Å². The van der Waals surface area contributed by atoms with Crippen molar-refractivity contribution >= 4 is 40.1 Å². The second-order valence-corrected chi connectivity index (χ2v) is 5.77. The Morgan fingerprint density at radius 3 is 2.80 bits per heavy atom. The Labute approximate surface area is 138 Å². The first-order chi connectivity index (χ1) is 9.65. The smallest absolute Gasteiger partial charge is 0.251 e. The molecule has 20 heavy (non-hydrogen) atoms. The maximum Gasteiger partial charge on any atom is 0.251 e. The van der Waals surface area contributed by atoms with E-state index in [0.717, 1.165) is 16.4 Å². The van der Waals surface area contributed by atoms with Gasteiger partial charge in [0, 0.05) is 29.4 Å². The van der Waals surface area contributed by atoms with Gasteiger partial charge >= 0.3 is 0 Å². The third-order valence-electron chi connectivity index (χ3n) is 2.61. The fourth-order valence-corrected chi connectivity index (χ4v) is 2.03. The summed E-state index contributed by atoms with van der Waals surface area (Å²) in [4.78, 5) is 11.9. The Morgan fingerprint density at radius 1 is 1.30 bits per heavy atom. The number of carbonyl (C=O) groups excluding carboxylic acids is 1. The van der Waals surface area contributed by atoms with Crippen molar-refractivity contribution in [3.63, 3.8) is 0 Å². The number of nitrogens with one attached hydrogen (secondary N) is 1. The number of unbranched alkanes of at least 4 members (excludes halogenated alkanes) is 1. The standard InChI is InChI=1S/C14H19ClINO3/c1-19-8-9-20-7-3-2-6-17-14(18)11-4-5-13(16)12(15)10-11/h4-5,10H,2-3,6-9H2,1H3,(H,17,18). The summed E-state index contributed by atoms with van der Waals surface area (Å²) in [6.07, 6.45) is 1.80. The highest BCUT2D eigenvalue weighted by Crippen LogP contribution is 2.19. The van der Waals surface area contributed by atoms with Crippen molar-refractivity contribution in [3.8, 4) is 0 Å². The topological polar surface area (TPSA) is 47.6 Å². The zero-order chi connectivity index (χ0) is 14.8. The average molecular weight is 412 g/mol. The number of ether oxygens (including phenoxy) is 2. The van der Waals surface area contributed by atoms with Crippen LogP contribution in [0.15, 0.2) is 18.2 Å². The van der Waals surface area contributed by atoms with Crippen LogP contribution < -0.4 is 5.32 Å². The highest BCUT2D eigenvalue weighted by Gasteiger charge is 2.06. The third-order valence-corrected chi connectivity index (χ3v) is 4.19. The van der Waals surface area contributed by atoms with E-state index in [1.165, 1.54) is 0 Å². The summed E-state index contributed by atoms with van der Waals surface area (Å²) in [5, 5.41) is 3.47. The number of amides is 1. The molecule has 0 saturated carbocycles. The maximum atomic E-state index is 11.9.